The molecule has 2 atom stereocenters. The molecule has 1 aromatic carbocycles. The van der Waals surface area contributed by atoms with Crippen molar-refractivity contribution in [3.63, 3.8) is 0 Å². The monoisotopic (exact) mass is 359 g/mol. The van der Waals surface area contributed by atoms with Crippen molar-refractivity contribution in [2.75, 3.05) is 13.1 Å². The van der Waals surface area contributed by atoms with Gasteiger partial charge in [-0.05, 0) is 38.5 Å². The molecule has 1 aliphatic heterocycles. The van der Waals surface area contributed by atoms with Gasteiger partial charge in [0.2, 0.25) is 0 Å². The summed E-state index contributed by atoms with van der Waals surface area (Å²) in [5.41, 5.74) is -1.07. The van der Waals surface area contributed by atoms with E-state index < -0.39 is 41.2 Å². The minimum atomic E-state index is -4.46. The van der Waals surface area contributed by atoms with E-state index >= 15 is 0 Å². The summed E-state index contributed by atoms with van der Waals surface area (Å²) in [6.45, 7) is 5.13. The zero-order chi connectivity index (χ0) is 19.0. The maximum absolute atomic E-state index is 12.7. The molecule has 1 heterocycles. The third-order valence-corrected chi connectivity index (χ3v) is 3.95. The van der Waals surface area contributed by atoms with E-state index in [0.717, 1.165) is 12.1 Å². The molecule has 0 aliphatic carbocycles. The topological polar surface area (TPSA) is 66.8 Å². The maximum Gasteiger partial charge on any atom is 0.416 e. The summed E-state index contributed by atoms with van der Waals surface area (Å²) in [7, 11) is 0. The van der Waals surface area contributed by atoms with Crippen LogP contribution in [0.2, 0.25) is 0 Å². The summed E-state index contributed by atoms with van der Waals surface area (Å²) in [6, 6.07) is 4.37. The summed E-state index contributed by atoms with van der Waals surface area (Å²) in [4.78, 5) is 24.9. The number of rotatable bonds is 2. The van der Waals surface area contributed by atoms with Crippen molar-refractivity contribution in [3.8, 4) is 0 Å². The second-order valence-electron chi connectivity index (χ2n) is 7.06. The van der Waals surface area contributed by atoms with E-state index in [2.05, 4.69) is 0 Å². The molecule has 1 saturated heterocycles. The van der Waals surface area contributed by atoms with Gasteiger partial charge in [0.25, 0.3) is 0 Å². The van der Waals surface area contributed by atoms with Gasteiger partial charge >= 0.3 is 18.2 Å². The number of benzene rings is 1. The highest BCUT2D eigenvalue weighted by atomic mass is 19.4. The Labute approximate surface area is 143 Å². The van der Waals surface area contributed by atoms with Gasteiger partial charge in [-0.25, -0.2) is 4.79 Å². The van der Waals surface area contributed by atoms with Gasteiger partial charge in [-0.2, -0.15) is 13.2 Å². The Bertz CT molecular complexity index is 649. The van der Waals surface area contributed by atoms with Crippen LogP contribution < -0.4 is 0 Å². The third kappa shape index (κ3) is 4.64. The molecule has 8 heteroatoms. The molecule has 0 unspecified atom stereocenters. The lowest BCUT2D eigenvalue weighted by molar-refractivity contribution is -0.141. The van der Waals surface area contributed by atoms with Crippen LogP contribution in [0.25, 0.3) is 0 Å². The number of likely N-dealkylation sites (tertiary alicyclic amines) is 1. The molecular weight excluding hydrogens is 339 g/mol. The Kier molecular flexibility index (Phi) is 5.02. The molecule has 0 saturated carbocycles. The van der Waals surface area contributed by atoms with Crippen LogP contribution in [0.5, 0.6) is 0 Å². The lowest BCUT2D eigenvalue weighted by Gasteiger charge is -2.24. The number of carboxylic acids is 1. The van der Waals surface area contributed by atoms with Gasteiger partial charge in [0.05, 0.1) is 11.5 Å². The van der Waals surface area contributed by atoms with Crippen molar-refractivity contribution < 1.29 is 32.6 Å². The van der Waals surface area contributed by atoms with Crippen molar-refractivity contribution in [2.24, 2.45) is 5.92 Å². The van der Waals surface area contributed by atoms with Crippen LogP contribution in [0.4, 0.5) is 18.0 Å². The molecule has 25 heavy (non-hydrogen) atoms. The number of halogens is 3. The van der Waals surface area contributed by atoms with E-state index in [9.17, 15) is 27.9 Å². The smallest absolute Gasteiger partial charge is 0.416 e. The van der Waals surface area contributed by atoms with E-state index in [1.807, 2.05) is 0 Å². The van der Waals surface area contributed by atoms with Crippen LogP contribution in [0.3, 0.4) is 0 Å². The lowest BCUT2D eigenvalue weighted by atomic mass is 9.88. The van der Waals surface area contributed by atoms with Crippen molar-refractivity contribution in [1.82, 2.24) is 4.90 Å². The zero-order valence-electron chi connectivity index (χ0n) is 14.1. The minimum Gasteiger partial charge on any atom is -0.481 e. The number of carboxylic acid groups (broad SMARTS) is 1. The molecule has 0 radical (unpaired) electrons. The Hall–Kier alpha value is -2.25. The quantitative estimate of drug-likeness (QED) is 0.874. The molecule has 0 bridgehead atoms. The summed E-state index contributed by atoms with van der Waals surface area (Å²) in [6.07, 6.45) is -5.09. The average molecular weight is 359 g/mol. The first-order chi connectivity index (χ1) is 11.4. The number of amides is 1. The molecular formula is C17H20F3NO4. The molecule has 2 rings (SSSR count). The van der Waals surface area contributed by atoms with Crippen molar-refractivity contribution >= 4 is 12.1 Å². The number of carbonyl (C=O) groups excluding carboxylic acids is 1. The highest BCUT2D eigenvalue weighted by Crippen LogP contribution is 2.36. The van der Waals surface area contributed by atoms with Crippen LogP contribution in [-0.2, 0) is 15.7 Å². The number of alkyl halides is 3. The lowest BCUT2D eigenvalue weighted by Crippen LogP contribution is -2.35. The third-order valence-electron chi connectivity index (χ3n) is 3.95. The predicted molar refractivity (Wildman–Crippen MR) is 83.1 cm³/mol. The zero-order valence-corrected chi connectivity index (χ0v) is 14.1. The summed E-state index contributed by atoms with van der Waals surface area (Å²) >= 11 is 0. The maximum atomic E-state index is 12.7. The van der Waals surface area contributed by atoms with Gasteiger partial charge in [-0.1, -0.05) is 12.1 Å². The highest BCUT2D eigenvalue weighted by molar-refractivity contribution is 5.76. The second-order valence-corrected chi connectivity index (χ2v) is 7.06. The Morgan fingerprint density at radius 1 is 1.12 bits per heavy atom. The van der Waals surface area contributed by atoms with Crippen LogP contribution in [0.1, 0.15) is 37.8 Å². The summed E-state index contributed by atoms with van der Waals surface area (Å²) in [5.74, 6) is -2.59. The first kappa shape index (κ1) is 19.1. The number of ether oxygens (including phenoxy) is 1. The van der Waals surface area contributed by atoms with E-state index in [0.29, 0.717) is 5.56 Å². The van der Waals surface area contributed by atoms with E-state index in [1.165, 1.54) is 17.0 Å². The number of hydrogen-bond acceptors (Lipinski definition) is 3. The molecule has 1 aliphatic rings. The van der Waals surface area contributed by atoms with Crippen LogP contribution in [0.15, 0.2) is 24.3 Å². The SMILES string of the molecule is CC(C)(C)OC(=O)N1C[C@H](c2ccc(C(F)(F)F)cc2)[C@H](C(=O)O)C1. The Morgan fingerprint density at radius 2 is 1.68 bits per heavy atom. The van der Waals surface area contributed by atoms with Crippen LogP contribution in [-0.4, -0.2) is 40.8 Å². The van der Waals surface area contributed by atoms with Gasteiger partial charge in [0.1, 0.15) is 5.60 Å². The van der Waals surface area contributed by atoms with Gasteiger partial charge in [-0.3, -0.25) is 4.79 Å². The molecule has 0 aromatic heterocycles. The van der Waals surface area contributed by atoms with E-state index in [1.54, 1.807) is 20.8 Å². The Balaban J connectivity index is 2.21. The Morgan fingerprint density at radius 3 is 2.12 bits per heavy atom. The molecule has 1 amide bonds. The van der Waals surface area contributed by atoms with E-state index in [-0.39, 0.29) is 13.1 Å². The number of carbonyl (C=O) groups is 2. The summed E-state index contributed by atoms with van der Waals surface area (Å²) < 4.78 is 43.2. The van der Waals surface area contributed by atoms with Crippen LogP contribution >= 0.6 is 0 Å². The number of nitrogens with zero attached hydrogens (tertiary/aromatic N) is 1. The van der Waals surface area contributed by atoms with Crippen molar-refractivity contribution in [2.45, 2.75) is 38.5 Å². The molecule has 1 N–H and O–H groups in total. The first-order valence-electron chi connectivity index (χ1n) is 7.76. The van der Waals surface area contributed by atoms with Crippen LogP contribution in [0, 0.1) is 5.92 Å². The van der Waals surface area contributed by atoms with Gasteiger partial charge in [-0.15, -0.1) is 0 Å². The number of aliphatic carboxylic acids is 1. The minimum absolute atomic E-state index is 0.0457. The number of hydrogen-bond donors (Lipinski definition) is 1. The van der Waals surface area contributed by atoms with Gasteiger partial charge in [0.15, 0.2) is 0 Å². The molecule has 5 nitrogen and oxygen atoms in total. The average Bonchev–Trinajstić information content (AvgIpc) is 2.90. The second kappa shape index (κ2) is 6.57. The fraction of sp³-hybridized carbons (Fsp3) is 0.529. The van der Waals surface area contributed by atoms with E-state index in [4.69, 9.17) is 4.74 Å². The fourth-order valence-electron chi connectivity index (χ4n) is 2.79. The molecule has 0 spiro atoms. The standard InChI is InChI=1S/C17H20F3NO4/c1-16(2,3)25-15(24)21-8-12(13(9-21)14(22)23)10-4-6-11(7-5-10)17(18,19)20/h4-7,12-13H,8-9H2,1-3H3,(H,22,23)/t12-,13-/m1/s1. The summed E-state index contributed by atoms with van der Waals surface area (Å²) in [5, 5.41) is 9.40. The normalized spacial score (nSPS) is 21.3. The van der Waals surface area contributed by atoms with Gasteiger partial charge < -0.3 is 14.7 Å². The van der Waals surface area contributed by atoms with Crippen molar-refractivity contribution in [1.29, 1.82) is 0 Å². The van der Waals surface area contributed by atoms with Gasteiger partial charge in [0, 0.05) is 19.0 Å². The first-order valence-corrected chi connectivity index (χ1v) is 7.76. The highest BCUT2D eigenvalue weighted by Gasteiger charge is 2.42. The molecule has 1 aromatic rings. The largest absolute Gasteiger partial charge is 0.481 e. The van der Waals surface area contributed by atoms with Crippen molar-refractivity contribution in [3.05, 3.63) is 35.4 Å². The fourth-order valence-corrected chi connectivity index (χ4v) is 2.79. The molecule has 1 fully saturated rings. The predicted octanol–water partition coefficient (Wildman–Crippen LogP) is 3.74. The molecule has 138 valence electrons.